The van der Waals surface area contributed by atoms with Gasteiger partial charge in [0.25, 0.3) is 0 Å². The second-order valence-corrected chi connectivity index (χ2v) is 3.99. The van der Waals surface area contributed by atoms with Crippen molar-refractivity contribution in [1.29, 1.82) is 0 Å². The third-order valence-electron chi connectivity index (χ3n) is 3.07. The Kier molecular flexibility index (Phi) is 2.49. The highest BCUT2D eigenvalue weighted by molar-refractivity contribution is 6.05. The summed E-state index contributed by atoms with van der Waals surface area (Å²) in [7, 11) is 0. The van der Waals surface area contributed by atoms with Gasteiger partial charge in [-0.2, -0.15) is 0 Å². The molecule has 0 aliphatic carbocycles. The van der Waals surface area contributed by atoms with Crippen molar-refractivity contribution in [3.63, 3.8) is 0 Å². The highest BCUT2D eigenvalue weighted by Crippen LogP contribution is 2.26. The fourth-order valence-electron chi connectivity index (χ4n) is 1.90. The van der Waals surface area contributed by atoms with Crippen molar-refractivity contribution in [2.75, 3.05) is 4.90 Å². The van der Waals surface area contributed by atoms with E-state index < -0.39 is 0 Å². The van der Waals surface area contributed by atoms with Crippen LogP contribution in [0, 0.1) is 0 Å². The quantitative estimate of drug-likeness (QED) is 0.738. The van der Waals surface area contributed by atoms with E-state index in [-0.39, 0.29) is 18.0 Å². The van der Waals surface area contributed by atoms with Crippen molar-refractivity contribution < 1.29 is 4.79 Å². The number of carbonyl (C=O) groups excluding carboxylic acids is 1. The highest BCUT2D eigenvalue weighted by Gasteiger charge is 2.42. The van der Waals surface area contributed by atoms with Gasteiger partial charge < -0.3 is 10.6 Å². The molecule has 0 bridgehead atoms. The number of amides is 1. The first-order chi connectivity index (χ1) is 7.15. The minimum Gasteiger partial charge on any atom is -0.318 e. The number of rotatable bonds is 2. The molecule has 0 radical (unpaired) electrons. The van der Waals surface area contributed by atoms with E-state index in [0.717, 1.165) is 12.1 Å². The summed E-state index contributed by atoms with van der Waals surface area (Å²) in [6.07, 6.45) is 1.02. The second-order valence-electron chi connectivity index (χ2n) is 3.99. The van der Waals surface area contributed by atoms with Crippen LogP contribution < -0.4 is 10.6 Å². The Hall–Kier alpha value is -1.35. The molecule has 2 rings (SSSR count). The van der Waals surface area contributed by atoms with Gasteiger partial charge in [-0.25, -0.2) is 0 Å². The van der Waals surface area contributed by atoms with Crippen molar-refractivity contribution in [3.05, 3.63) is 29.8 Å². The predicted molar refractivity (Wildman–Crippen MR) is 60.7 cm³/mol. The molecule has 2 atom stereocenters. The van der Waals surface area contributed by atoms with Crippen LogP contribution in [0.15, 0.2) is 24.3 Å². The third kappa shape index (κ3) is 1.53. The van der Waals surface area contributed by atoms with Crippen molar-refractivity contribution in [2.45, 2.75) is 32.4 Å². The van der Waals surface area contributed by atoms with E-state index in [9.17, 15) is 4.79 Å². The number of aryl methyl sites for hydroxylation is 1. The molecular formula is C12H16N2O. The van der Waals surface area contributed by atoms with Gasteiger partial charge in [0.1, 0.15) is 6.04 Å². The molecule has 3 nitrogen and oxygen atoms in total. The van der Waals surface area contributed by atoms with Crippen LogP contribution in [0.1, 0.15) is 19.4 Å². The van der Waals surface area contributed by atoms with Crippen LogP contribution in [0.5, 0.6) is 0 Å². The summed E-state index contributed by atoms with van der Waals surface area (Å²) >= 11 is 0. The van der Waals surface area contributed by atoms with Crippen LogP contribution in [0.3, 0.4) is 0 Å². The molecule has 1 aromatic rings. The smallest absolute Gasteiger partial charge is 0.246 e. The zero-order valence-corrected chi connectivity index (χ0v) is 9.10. The van der Waals surface area contributed by atoms with Gasteiger partial charge in [0.2, 0.25) is 5.91 Å². The second kappa shape index (κ2) is 3.66. The highest BCUT2D eigenvalue weighted by atomic mass is 16.2. The number of benzene rings is 1. The van der Waals surface area contributed by atoms with Crippen LogP contribution in [0.25, 0.3) is 0 Å². The van der Waals surface area contributed by atoms with Gasteiger partial charge in [-0.15, -0.1) is 0 Å². The lowest BCUT2D eigenvalue weighted by Gasteiger charge is -2.43. The topological polar surface area (TPSA) is 46.3 Å². The van der Waals surface area contributed by atoms with E-state index in [4.69, 9.17) is 5.73 Å². The SMILES string of the molecule is CCc1ccc(N2C(=O)[C@H](N)[C@@H]2C)cc1. The minimum atomic E-state index is -0.323. The molecule has 1 fully saturated rings. The largest absolute Gasteiger partial charge is 0.318 e. The van der Waals surface area contributed by atoms with E-state index in [1.807, 2.05) is 19.1 Å². The third-order valence-corrected chi connectivity index (χ3v) is 3.07. The molecular weight excluding hydrogens is 188 g/mol. The molecule has 0 aromatic heterocycles. The van der Waals surface area contributed by atoms with Gasteiger partial charge in [0.05, 0.1) is 6.04 Å². The molecule has 1 aliphatic rings. The van der Waals surface area contributed by atoms with E-state index >= 15 is 0 Å². The molecule has 0 spiro atoms. The molecule has 1 aliphatic heterocycles. The predicted octanol–water partition coefficient (Wildman–Crippen LogP) is 1.31. The van der Waals surface area contributed by atoms with Gasteiger partial charge in [0.15, 0.2) is 0 Å². The first-order valence-electron chi connectivity index (χ1n) is 5.32. The molecule has 0 saturated carbocycles. The maximum absolute atomic E-state index is 11.5. The number of hydrogen-bond acceptors (Lipinski definition) is 2. The van der Waals surface area contributed by atoms with Crippen molar-refractivity contribution in [3.8, 4) is 0 Å². The van der Waals surface area contributed by atoms with Gasteiger partial charge in [-0.05, 0) is 31.0 Å². The van der Waals surface area contributed by atoms with Crippen LogP contribution in [0.4, 0.5) is 5.69 Å². The van der Waals surface area contributed by atoms with Crippen LogP contribution in [-0.2, 0) is 11.2 Å². The molecule has 3 heteroatoms. The maximum atomic E-state index is 11.5. The Morgan fingerprint density at radius 2 is 1.93 bits per heavy atom. The molecule has 80 valence electrons. The van der Waals surface area contributed by atoms with Crippen molar-refractivity contribution in [1.82, 2.24) is 0 Å². The lowest BCUT2D eigenvalue weighted by Crippen LogP contribution is -2.67. The summed E-state index contributed by atoms with van der Waals surface area (Å²) in [6, 6.07) is 7.87. The summed E-state index contributed by atoms with van der Waals surface area (Å²) in [4.78, 5) is 13.3. The van der Waals surface area contributed by atoms with Gasteiger partial charge in [0, 0.05) is 5.69 Å². The molecule has 1 amide bonds. The Morgan fingerprint density at radius 1 is 1.33 bits per heavy atom. The van der Waals surface area contributed by atoms with E-state index in [1.54, 1.807) is 4.90 Å². The van der Waals surface area contributed by atoms with Gasteiger partial charge in [-0.1, -0.05) is 19.1 Å². The van der Waals surface area contributed by atoms with E-state index in [2.05, 4.69) is 19.1 Å². The van der Waals surface area contributed by atoms with E-state index in [1.165, 1.54) is 5.56 Å². The van der Waals surface area contributed by atoms with Crippen LogP contribution in [0.2, 0.25) is 0 Å². The maximum Gasteiger partial charge on any atom is 0.246 e. The molecule has 1 aromatic carbocycles. The van der Waals surface area contributed by atoms with Gasteiger partial charge >= 0.3 is 0 Å². The fourth-order valence-corrected chi connectivity index (χ4v) is 1.90. The average Bonchev–Trinajstić information content (AvgIpc) is 2.30. The molecule has 0 unspecified atom stereocenters. The molecule has 1 heterocycles. The Labute approximate surface area is 89.9 Å². The van der Waals surface area contributed by atoms with Gasteiger partial charge in [-0.3, -0.25) is 4.79 Å². The van der Waals surface area contributed by atoms with Crippen LogP contribution in [-0.4, -0.2) is 18.0 Å². The summed E-state index contributed by atoms with van der Waals surface area (Å²) < 4.78 is 0. The monoisotopic (exact) mass is 204 g/mol. The lowest BCUT2D eigenvalue weighted by molar-refractivity contribution is -0.125. The summed E-state index contributed by atoms with van der Waals surface area (Å²) in [6.45, 7) is 4.09. The summed E-state index contributed by atoms with van der Waals surface area (Å²) in [5.74, 6) is 0.0201. The fraction of sp³-hybridized carbons (Fsp3) is 0.417. The number of anilines is 1. The molecule has 15 heavy (non-hydrogen) atoms. The number of hydrogen-bond donors (Lipinski definition) is 1. The Bertz CT molecular complexity index is 372. The molecule has 1 saturated heterocycles. The number of nitrogens with two attached hydrogens (primary N) is 1. The zero-order chi connectivity index (χ0) is 11.0. The first-order valence-corrected chi connectivity index (χ1v) is 5.32. The van der Waals surface area contributed by atoms with Crippen molar-refractivity contribution in [2.24, 2.45) is 5.73 Å². The number of carbonyl (C=O) groups is 1. The molecule has 2 N–H and O–H groups in total. The first kappa shape index (κ1) is 10.2. The Balaban J connectivity index is 2.20. The Morgan fingerprint density at radius 3 is 2.40 bits per heavy atom. The lowest BCUT2D eigenvalue weighted by atomic mass is 9.96. The standard InChI is InChI=1S/C12H16N2O/c1-3-9-4-6-10(7-5-9)14-8(2)11(13)12(14)15/h4-8,11H,3,13H2,1-2H3/t8-,11+/m0/s1. The number of nitrogens with zero attached hydrogens (tertiary/aromatic N) is 1. The minimum absolute atomic E-state index is 0.0201. The normalized spacial score (nSPS) is 25.3. The van der Waals surface area contributed by atoms with Crippen LogP contribution >= 0.6 is 0 Å². The van der Waals surface area contributed by atoms with E-state index in [0.29, 0.717) is 0 Å². The summed E-state index contributed by atoms with van der Waals surface area (Å²) in [5.41, 5.74) is 7.89. The average molecular weight is 204 g/mol. The van der Waals surface area contributed by atoms with Crippen molar-refractivity contribution >= 4 is 11.6 Å². The number of β-lactam (4-membered cyclic amide) rings is 1. The summed E-state index contributed by atoms with van der Waals surface area (Å²) in [5, 5.41) is 0. The zero-order valence-electron chi connectivity index (χ0n) is 9.10.